The van der Waals surface area contributed by atoms with Crippen molar-refractivity contribution >= 4 is 11.8 Å². The van der Waals surface area contributed by atoms with Crippen LogP contribution in [0.2, 0.25) is 0 Å². The van der Waals surface area contributed by atoms with Gasteiger partial charge in [0, 0.05) is 12.3 Å². The van der Waals surface area contributed by atoms with E-state index >= 15 is 0 Å². The minimum atomic E-state index is -0.108. The van der Waals surface area contributed by atoms with Gasteiger partial charge >= 0.3 is 0 Å². The van der Waals surface area contributed by atoms with E-state index in [1.807, 2.05) is 11.8 Å². The van der Waals surface area contributed by atoms with Crippen molar-refractivity contribution in [3.05, 3.63) is 0 Å². The molecule has 1 heterocycles. The molecular formula is C8H15NOS. The molecule has 0 amide bonds. The Balaban J connectivity index is 2.07. The maximum atomic E-state index is 9.78. The molecule has 0 aromatic carbocycles. The zero-order chi connectivity index (χ0) is 7.73. The molecular weight excluding hydrogens is 158 g/mol. The molecule has 0 bridgehead atoms. The van der Waals surface area contributed by atoms with E-state index in [-0.39, 0.29) is 11.0 Å². The van der Waals surface area contributed by atoms with Crippen LogP contribution in [0.4, 0.5) is 0 Å². The van der Waals surface area contributed by atoms with Gasteiger partial charge in [0.2, 0.25) is 0 Å². The first-order valence-electron chi connectivity index (χ1n) is 4.41. The van der Waals surface area contributed by atoms with Crippen LogP contribution < -0.4 is 5.32 Å². The largest absolute Gasteiger partial charge is 0.390 e. The molecule has 0 unspecified atom stereocenters. The van der Waals surface area contributed by atoms with Gasteiger partial charge in [0.25, 0.3) is 0 Å². The summed E-state index contributed by atoms with van der Waals surface area (Å²) < 4.78 is 0. The molecule has 3 heteroatoms. The highest BCUT2D eigenvalue weighted by Crippen LogP contribution is 2.40. The van der Waals surface area contributed by atoms with Gasteiger partial charge < -0.3 is 5.11 Å². The van der Waals surface area contributed by atoms with Gasteiger partial charge in [0.1, 0.15) is 0 Å². The van der Waals surface area contributed by atoms with Crippen LogP contribution in [0.25, 0.3) is 0 Å². The average molecular weight is 173 g/mol. The zero-order valence-electron chi connectivity index (χ0n) is 6.68. The zero-order valence-corrected chi connectivity index (χ0v) is 7.49. The summed E-state index contributed by atoms with van der Waals surface area (Å²) in [7, 11) is 0. The lowest BCUT2D eigenvalue weighted by Crippen LogP contribution is -2.50. The van der Waals surface area contributed by atoms with Crippen molar-refractivity contribution in [2.24, 2.45) is 0 Å². The van der Waals surface area contributed by atoms with Gasteiger partial charge in [-0.05, 0) is 12.8 Å². The highest BCUT2D eigenvalue weighted by atomic mass is 32.2. The van der Waals surface area contributed by atoms with Crippen molar-refractivity contribution < 1.29 is 5.11 Å². The SMILES string of the molecule is O[C@H]1CCCC[C@@]12NCCS2. The number of hydrogen-bond acceptors (Lipinski definition) is 3. The number of hydrogen-bond donors (Lipinski definition) is 2. The molecule has 2 atom stereocenters. The fourth-order valence-corrected chi connectivity index (χ4v) is 3.42. The van der Waals surface area contributed by atoms with Gasteiger partial charge in [-0.1, -0.05) is 12.8 Å². The summed E-state index contributed by atoms with van der Waals surface area (Å²) in [4.78, 5) is 0.0538. The van der Waals surface area contributed by atoms with Crippen molar-refractivity contribution in [1.29, 1.82) is 0 Å². The van der Waals surface area contributed by atoms with Gasteiger partial charge in [0.05, 0.1) is 11.0 Å². The van der Waals surface area contributed by atoms with E-state index in [0.717, 1.165) is 25.1 Å². The highest BCUT2D eigenvalue weighted by molar-refractivity contribution is 8.00. The summed E-state index contributed by atoms with van der Waals surface area (Å²) in [6, 6.07) is 0. The minimum absolute atomic E-state index is 0.0538. The molecule has 1 aliphatic heterocycles. The fourth-order valence-electron chi connectivity index (χ4n) is 2.05. The first-order chi connectivity index (χ1) is 5.33. The van der Waals surface area contributed by atoms with E-state index < -0.39 is 0 Å². The third-order valence-corrected chi connectivity index (χ3v) is 4.24. The number of rotatable bonds is 0. The molecule has 64 valence electrons. The lowest BCUT2D eigenvalue weighted by molar-refractivity contribution is 0.0784. The van der Waals surface area contributed by atoms with Crippen LogP contribution in [0.5, 0.6) is 0 Å². The van der Waals surface area contributed by atoms with Gasteiger partial charge in [-0.2, -0.15) is 0 Å². The Labute approximate surface area is 71.7 Å². The van der Waals surface area contributed by atoms with Gasteiger partial charge in [-0.15, -0.1) is 11.8 Å². The first-order valence-corrected chi connectivity index (χ1v) is 5.39. The maximum Gasteiger partial charge on any atom is 0.0907 e. The van der Waals surface area contributed by atoms with Crippen molar-refractivity contribution in [1.82, 2.24) is 5.32 Å². The van der Waals surface area contributed by atoms with Crippen LogP contribution in [0.1, 0.15) is 25.7 Å². The minimum Gasteiger partial charge on any atom is -0.390 e. The summed E-state index contributed by atoms with van der Waals surface area (Å²) in [6.07, 6.45) is 4.50. The topological polar surface area (TPSA) is 32.3 Å². The molecule has 11 heavy (non-hydrogen) atoms. The summed E-state index contributed by atoms with van der Waals surface area (Å²) >= 11 is 1.91. The Kier molecular flexibility index (Phi) is 2.12. The molecule has 2 rings (SSSR count). The molecule has 2 fully saturated rings. The summed E-state index contributed by atoms with van der Waals surface area (Å²) in [6.45, 7) is 1.07. The Bertz CT molecular complexity index is 145. The third kappa shape index (κ3) is 1.30. The number of aliphatic hydroxyl groups excluding tert-OH is 1. The second-order valence-corrected chi connectivity index (χ2v) is 4.85. The molecule has 0 aromatic heterocycles. The van der Waals surface area contributed by atoms with Crippen LogP contribution in [-0.4, -0.2) is 28.4 Å². The summed E-state index contributed by atoms with van der Waals surface area (Å²) in [5.74, 6) is 1.16. The van der Waals surface area contributed by atoms with Crippen LogP contribution in [0, 0.1) is 0 Å². The van der Waals surface area contributed by atoms with Crippen molar-refractivity contribution in [2.45, 2.75) is 36.7 Å². The normalized spacial score (nSPS) is 45.0. The highest BCUT2D eigenvalue weighted by Gasteiger charge is 2.42. The second-order valence-electron chi connectivity index (χ2n) is 3.43. The maximum absolute atomic E-state index is 9.78. The van der Waals surface area contributed by atoms with E-state index in [9.17, 15) is 5.11 Å². The molecule has 2 N–H and O–H groups in total. The fraction of sp³-hybridized carbons (Fsp3) is 1.00. The van der Waals surface area contributed by atoms with Crippen molar-refractivity contribution in [3.8, 4) is 0 Å². The number of thioether (sulfide) groups is 1. The number of nitrogens with one attached hydrogen (secondary N) is 1. The molecule has 1 saturated heterocycles. The lowest BCUT2D eigenvalue weighted by atomic mass is 9.92. The van der Waals surface area contributed by atoms with Crippen molar-refractivity contribution in [3.63, 3.8) is 0 Å². The molecule has 1 spiro atoms. The van der Waals surface area contributed by atoms with E-state index in [0.29, 0.717) is 0 Å². The van der Waals surface area contributed by atoms with Crippen LogP contribution in [-0.2, 0) is 0 Å². The predicted molar refractivity (Wildman–Crippen MR) is 47.7 cm³/mol. The van der Waals surface area contributed by atoms with Gasteiger partial charge in [-0.25, -0.2) is 0 Å². The predicted octanol–water partition coefficient (Wildman–Crippen LogP) is 0.954. The molecule has 1 saturated carbocycles. The van der Waals surface area contributed by atoms with Gasteiger partial charge in [0.15, 0.2) is 0 Å². The van der Waals surface area contributed by atoms with E-state index in [4.69, 9.17) is 0 Å². The van der Waals surface area contributed by atoms with Gasteiger partial charge in [-0.3, -0.25) is 5.32 Å². The summed E-state index contributed by atoms with van der Waals surface area (Å²) in [5.41, 5.74) is 0. The van der Waals surface area contributed by atoms with Crippen LogP contribution in [0.15, 0.2) is 0 Å². The third-order valence-electron chi connectivity index (χ3n) is 2.70. The summed E-state index contributed by atoms with van der Waals surface area (Å²) in [5, 5.41) is 13.2. The average Bonchev–Trinajstić information content (AvgIpc) is 2.46. The van der Waals surface area contributed by atoms with Crippen LogP contribution >= 0.6 is 11.8 Å². The quantitative estimate of drug-likeness (QED) is 0.572. The van der Waals surface area contributed by atoms with E-state index in [1.54, 1.807) is 0 Å². The molecule has 0 radical (unpaired) electrons. The van der Waals surface area contributed by atoms with E-state index in [1.165, 1.54) is 12.8 Å². The Hall–Kier alpha value is 0.270. The Morgan fingerprint density at radius 2 is 2.36 bits per heavy atom. The Morgan fingerprint density at radius 3 is 3.00 bits per heavy atom. The molecule has 1 aliphatic carbocycles. The molecule has 2 aliphatic rings. The smallest absolute Gasteiger partial charge is 0.0907 e. The van der Waals surface area contributed by atoms with E-state index in [2.05, 4.69) is 5.32 Å². The standard InChI is InChI=1S/C8H15NOS/c10-7-3-1-2-4-8(7)9-5-6-11-8/h7,9-10H,1-6H2/t7-,8-/m0/s1. The lowest BCUT2D eigenvalue weighted by Gasteiger charge is -2.37. The molecule has 0 aromatic rings. The Morgan fingerprint density at radius 1 is 1.45 bits per heavy atom. The monoisotopic (exact) mass is 173 g/mol. The van der Waals surface area contributed by atoms with Crippen molar-refractivity contribution in [2.75, 3.05) is 12.3 Å². The number of aliphatic hydroxyl groups is 1. The second kappa shape index (κ2) is 2.96. The first kappa shape index (κ1) is 7.90. The van der Waals surface area contributed by atoms with Crippen LogP contribution in [0.3, 0.4) is 0 Å². The molecule has 2 nitrogen and oxygen atoms in total.